The van der Waals surface area contributed by atoms with E-state index in [1.807, 2.05) is 11.8 Å². The maximum atomic E-state index is 12.8. The molecule has 1 amide bonds. The van der Waals surface area contributed by atoms with Crippen molar-refractivity contribution in [3.05, 3.63) is 0 Å². The largest absolute Gasteiger partial charge is 0.337 e. The minimum Gasteiger partial charge on any atom is -0.337 e. The molecule has 2 aliphatic heterocycles. The van der Waals surface area contributed by atoms with Crippen LogP contribution in [0.1, 0.15) is 46.0 Å². The highest BCUT2D eigenvalue weighted by molar-refractivity contribution is 8.00. The van der Waals surface area contributed by atoms with E-state index >= 15 is 0 Å². The van der Waals surface area contributed by atoms with Crippen molar-refractivity contribution >= 4 is 17.7 Å². The molecule has 3 aliphatic rings. The number of carbonyl (C=O) groups excluding carboxylic acids is 1. The molecule has 3 nitrogen and oxygen atoms in total. The summed E-state index contributed by atoms with van der Waals surface area (Å²) < 4.78 is 0. The summed E-state index contributed by atoms with van der Waals surface area (Å²) in [6, 6.07) is 1.11. The van der Waals surface area contributed by atoms with Gasteiger partial charge in [-0.15, -0.1) is 0 Å². The third-order valence-corrected chi connectivity index (χ3v) is 6.67. The highest BCUT2D eigenvalue weighted by Crippen LogP contribution is 2.34. The molecule has 3 rings (SSSR count). The minimum atomic E-state index is 0.103. The van der Waals surface area contributed by atoms with Gasteiger partial charge in [0, 0.05) is 29.6 Å². The van der Waals surface area contributed by atoms with Gasteiger partial charge in [0.15, 0.2) is 0 Å². The first kappa shape index (κ1) is 13.7. The fraction of sp³-hybridized carbons (Fsp3) is 0.933. The quantitative estimate of drug-likeness (QED) is 0.801. The van der Waals surface area contributed by atoms with Crippen molar-refractivity contribution in [1.29, 1.82) is 0 Å². The third-order valence-electron chi connectivity index (χ3n) is 5.33. The van der Waals surface area contributed by atoms with E-state index in [1.54, 1.807) is 0 Å². The number of amides is 1. The lowest BCUT2D eigenvalue weighted by Crippen LogP contribution is -2.53. The van der Waals surface area contributed by atoms with Crippen LogP contribution in [-0.2, 0) is 4.79 Å². The van der Waals surface area contributed by atoms with Crippen molar-refractivity contribution in [2.24, 2.45) is 5.92 Å². The van der Waals surface area contributed by atoms with Crippen molar-refractivity contribution in [1.82, 2.24) is 10.2 Å². The van der Waals surface area contributed by atoms with Gasteiger partial charge in [-0.3, -0.25) is 4.79 Å². The fourth-order valence-corrected chi connectivity index (χ4v) is 5.05. The number of nitrogens with zero attached hydrogens (tertiary/aromatic N) is 1. The molecule has 0 bridgehead atoms. The maximum Gasteiger partial charge on any atom is 0.240 e. The smallest absolute Gasteiger partial charge is 0.240 e. The van der Waals surface area contributed by atoms with E-state index in [1.165, 1.54) is 25.7 Å². The zero-order valence-corrected chi connectivity index (χ0v) is 12.9. The van der Waals surface area contributed by atoms with Gasteiger partial charge in [0.2, 0.25) is 5.91 Å². The SMILES string of the molecule is CC1SCCN(C(=O)C2CC3CCCCC3N2)C1C. The van der Waals surface area contributed by atoms with Crippen LogP contribution in [0.3, 0.4) is 0 Å². The summed E-state index contributed by atoms with van der Waals surface area (Å²) in [6.07, 6.45) is 6.37. The molecule has 0 aromatic rings. The summed E-state index contributed by atoms with van der Waals surface area (Å²) in [5.41, 5.74) is 0. The molecule has 4 heteroatoms. The number of hydrogen-bond donors (Lipinski definition) is 1. The molecule has 1 saturated carbocycles. The number of rotatable bonds is 1. The van der Waals surface area contributed by atoms with Crippen LogP contribution in [0.2, 0.25) is 0 Å². The highest BCUT2D eigenvalue weighted by Gasteiger charge is 2.41. The lowest BCUT2D eigenvalue weighted by molar-refractivity contribution is -0.135. The number of carbonyl (C=O) groups is 1. The zero-order valence-electron chi connectivity index (χ0n) is 12.1. The summed E-state index contributed by atoms with van der Waals surface area (Å²) in [4.78, 5) is 14.9. The number of thioether (sulfide) groups is 1. The molecule has 0 radical (unpaired) electrons. The average Bonchev–Trinajstić information content (AvgIpc) is 2.85. The predicted octanol–water partition coefficient (Wildman–Crippen LogP) is 2.26. The van der Waals surface area contributed by atoms with Gasteiger partial charge in [-0.05, 0) is 32.1 Å². The topological polar surface area (TPSA) is 32.3 Å². The Hall–Kier alpha value is -0.220. The van der Waals surface area contributed by atoms with E-state index < -0.39 is 0 Å². The van der Waals surface area contributed by atoms with Gasteiger partial charge in [-0.1, -0.05) is 19.8 Å². The standard InChI is InChI=1S/C15H26N2OS/c1-10-11(2)19-8-7-17(10)15(18)14-9-12-5-3-4-6-13(12)16-14/h10-14,16H,3-9H2,1-2H3. The molecule has 0 spiro atoms. The Morgan fingerprint density at radius 2 is 2.05 bits per heavy atom. The van der Waals surface area contributed by atoms with Gasteiger partial charge < -0.3 is 10.2 Å². The molecule has 3 fully saturated rings. The first-order valence-corrected chi connectivity index (χ1v) is 8.90. The summed E-state index contributed by atoms with van der Waals surface area (Å²) in [5.74, 6) is 2.22. The van der Waals surface area contributed by atoms with Gasteiger partial charge in [-0.2, -0.15) is 11.8 Å². The molecular weight excluding hydrogens is 256 g/mol. The van der Waals surface area contributed by atoms with Crippen LogP contribution in [0.25, 0.3) is 0 Å². The molecule has 108 valence electrons. The molecule has 2 heterocycles. The number of nitrogens with one attached hydrogen (secondary N) is 1. The van der Waals surface area contributed by atoms with Crippen LogP contribution < -0.4 is 5.32 Å². The summed E-state index contributed by atoms with van der Waals surface area (Å²) in [7, 11) is 0. The normalized spacial score (nSPS) is 43.1. The Kier molecular flexibility index (Phi) is 4.08. The second-order valence-electron chi connectivity index (χ2n) is 6.45. The van der Waals surface area contributed by atoms with Gasteiger partial charge in [0.05, 0.1) is 6.04 Å². The zero-order chi connectivity index (χ0) is 13.4. The second kappa shape index (κ2) is 5.65. The van der Waals surface area contributed by atoms with E-state index in [9.17, 15) is 4.79 Å². The Morgan fingerprint density at radius 1 is 1.26 bits per heavy atom. The Morgan fingerprint density at radius 3 is 2.84 bits per heavy atom. The van der Waals surface area contributed by atoms with Crippen LogP contribution in [0.15, 0.2) is 0 Å². The van der Waals surface area contributed by atoms with Gasteiger partial charge in [-0.25, -0.2) is 0 Å². The lowest BCUT2D eigenvalue weighted by atomic mass is 9.85. The van der Waals surface area contributed by atoms with E-state index in [0.717, 1.165) is 24.6 Å². The number of hydrogen-bond acceptors (Lipinski definition) is 3. The average molecular weight is 282 g/mol. The first-order valence-electron chi connectivity index (χ1n) is 7.85. The Bertz CT molecular complexity index is 335. The lowest BCUT2D eigenvalue weighted by Gasteiger charge is -2.39. The Labute approximate surface area is 120 Å². The van der Waals surface area contributed by atoms with E-state index in [4.69, 9.17) is 0 Å². The van der Waals surface area contributed by atoms with Crippen LogP contribution in [0.5, 0.6) is 0 Å². The van der Waals surface area contributed by atoms with Crippen LogP contribution in [0, 0.1) is 5.92 Å². The predicted molar refractivity (Wildman–Crippen MR) is 80.4 cm³/mol. The molecular formula is C15H26N2OS. The first-order chi connectivity index (χ1) is 9.16. The third kappa shape index (κ3) is 2.66. The van der Waals surface area contributed by atoms with E-state index in [0.29, 0.717) is 23.2 Å². The van der Waals surface area contributed by atoms with Crippen LogP contribution in [-0.4, -0.2) is 46.5 Å². The van der Waals surface area contributed by atoms with Crippen molar-refractivity contribution in [2.45, 2.75) is 69.3 Å². The number of fused-ring (bicyclic) bond motifs is 1. The van der Waals surface area contributed by atoms with Gasteiger partial charge in [0.25, 0.3) is 0 Å². The van der Waals surface area contributed by atoms with Crippen molar-refractivity contribution < 1.29 is 4.79 Å². The van der Waals surface area contributed by atoms with Gasteiger partial charge >= 0.3 is 0 Å². The molecule has 19 heavy (non-hydrogen) atoms. The molecule has 1 N–H and O–H groups in total. The van der Waals surface area contributed by atoms with Crippen LogP contribution in [0.4, 0.5) is 0 Å². The van der Waals surface area contributed by atoms with Crippen molar-refractivity contribution in [3.8, 4) is 0 Å². The molecule has 5 unspecified atom stereocenters. The fourth-order valence-electron chi connectivity index (χ4n) is 3.95. The maximum absolute atomic E-state index is 12.8. The van der Waals surface area contributed by atoms with Crippen molar-refractivity contribution in [3.63, 3.8) is 0 Å². The molecule has 1 aliphatic carbocycles. The molecule has 5 atom stereocenters. The second-order valence-corrected chi connectivity index (χ2v) is 7.94. The van der Waals surface area contributed by atoms with Crippen LogP contribution >= 0.6 is 11.8 Å². The van der Waals surface area contributed by atoms with Crippen molar-refractivity contribution in [2.75, 3.05) is 12.3 Å². The molecule has 2 saturated heterocycles. The minimum absolute atomic E-state index is 0.103. The monoisotopic (exact) mass is 282 g/mol. The molecule has 0 aromatic carbocycles. The van der Waals surface area contributed by atoms with E-state index in [-0.39, 0.29) is 6.04 Å². The summed E-state index contributed by atoms with van der Waals surface area (Å²) in [5, 5.41) is 4.20. The summed E-state index contributed by atoms with van der Waals surface area (Å²) >= 11 is 2.00. The Balaban J connectivity index is 1.64. The highest BCUT2D eigenvalue weighted by atomic mass is 32.2. The summed E-state index contributed by atoms with van der Waals surface area (Å²) in [6.45, 7) is 5.38. The van der Waals surface area contributed by atoms with Gasteiger partial charge in [0.1, 0.15) is 0 Å². The molecule has 0 aromatic heterocycles. The van der Waals surface area contributed by atoms with E-state index in [2.05, 4.69) is 24.1 Å².